The van der Waals surface area contributed by atoms with Crippen molar-refractivity contribution in [3.63, 3.8) is 0 Å². The van der Waals surface area contributed by atoms with Crippen molar-refractivity contribution >= 4 is 6.09 Å². The Morgan fingerprint density at radius 2 is 1.88 bits per heavy atom. The van der Waals surface area contributed by atoms with E-state index >= 15 is 0 Å². The molecule has 3 N–H and O–H groups in total. The Balaban J connectivity index is 2.51. The smallest absolute Gasteiger partial charge is 0.407 e. The van der Waals surface area contributed by atoms with Gasteiger partial charge in [-0.15, -0.1) is 0 Å². The number of aliphatic hydroxyl groups excluding tert-OH is 1. The first-order valence-electron chi connectivity index (χ1n) is 6.09. The number of carbonyl (C=O) groups is 1. The summed E-state index contributed by atoms with van der Waals surface area (Å²) < 4.78 is 5.36. The van der Waals surface area contributed by atoms with E-state index in [1.165, 1.54) is 0 Å². The lowest BCUT2D eigenvalue weighted by molar-refractivity contribution is 0.0190. The summed E-state index contributed by atoms with van der Waals surface area (Å²) in [7, 11) is 0. The van der Waals surface area contributed by atoms with Gasteiger partial charge < -0.3 is 20.5 Å². The number of aliphatic hydroxyl groups is 1. The second-order valence-corrected chi connectivity index (χ2v) is 5.98. The van der Waals surface area contributed by atoms with Gasteiger partial charge in [0.15, 0.2) is 0 Å². The maximum Gasteiger partial charge on any atom is 0.407 e. The minimum atomic E-state index is -0.447. The number of nitrogens with one attached hydrogen (secondary N) is 2. The molecule has 1 amide bonds. The van der Waals surface area contributed by atoms with Crippen LogP contribution >= 0.6 is 0 Å². The molecule has 0 saturated carbocycles. The molecule has 0 bridgehead atoms. The highest BCUT2D eigenvalue weighted by Crippen LogP contribution is 2.30. The lowest BCUT2D eigenvalue weighted by Gasteiger charge is -2.45. The van der Waals surface area contributed by atoms with Crippen LogP contribution in [0.4, 0.5) is 4.79 Å². The van der Waals surface area contributed by atoms with Gasteiger partial charge in [0.25, 0.3) is 0 Å². The highest BCUT2D eigenvalue weighted by molar-refractivity contribution is 5.67. The summed E-state index contributed by atoms with van der Waals surface area (Å²) in [5.74, 6) is 0. The quantitative estimate of drug-likeness (QED) is 0.693. The fourth-order valence-corrected chi connectivity index (χ4v) is 2.66. The van der Waals surface area contributed by atoms with Crippen molar-refractivity contribution in [2.24, 2.45) is 0 Å². The third-order valence-electron chi connectivity index (χ3n) is 2.81. The van der Waals surface area contributed by atoms with Crippen LogP contribution in [-0.4, -0.2) is 41.5 Å². The molecule has 5 nitrogen and oxygen atoms in total. The van der Waals surface area contributed by atoms with E-state index in [1.54, 1.807) is 0 Å². The van der Waals surface area contributed by atoms with Gasteiger partial charge in [-0.05, 0) is 27.7 Å². The zero-order valence-corrected chi connectivity index (χ0v) is 11.2. The molecule has 5 heteroatoms. The second kappa shape index (κ2) is 5.23. The van der Waals surface area contributed by atoms with Gasteiger partial charge in [0.1, 0.15) is 6.10 Å². The van der Waals surface area contributed by atoms with Gasteiger partial charge in [-0.3, -0.25) is 0 Å². The molecule has 100 valence electrons. The van der Waals surface area contributed by atoms with Crippen LogP contribution in [0.3, 0.4) is 0 Å². The Kier molecular flexibility index (Phi) is 4.38. The summed E-state index contributed by atoms with van der Waals surface area (Å²) in [6.07, 6.45) is 1.06. The molecule has 0 spiro atoms. The Morgan fingerprint density at radius 1 is 1.35 bits per heavy atom. The van der Waals surface area contributed by atoms with Gasteiger partial charge in [-0.1, -0.05) is 0 Å². The average molecular weight is 244 g/mol. The average Bonchev–Trinajstić information content (AvgIpc) is 2.09. The van der Waals surface area contributed by atoms with E-state index in [4.69, 9.17) is 9.84 Å². The van der Waals surface area contributed by atoms with Crippen LogP contribution in [0.15, 0.2) is 0 Å². The standard InChI is InChI=1S/C12H24N2O3/c1-11(2)7-9(8-12(3,4)14-11)17-10(16)13-5-6-15/h9,14-15H,5-8H2,1-4H3,(H,13,16). The van der Waals surface area contributed by atoms with Gasteiger partial charge in [-0.25, -0.2) is 4.79 Å². The SMILES string of the molecule is CC1(C)CC(OC(=O)NCCO)CC(C)(C)N1. The molecule has 0 aliphatic carbocycles. The summed E-state index contributed by atoms with van der Waals surface area (Å²) >= 11 is 0. The van der Waals surface area contributed by atoms with E-state index in [9.17, 15) is 4.79 Å². The van der Waals surface area contributed by atoms with Crippen molar-refractivity contribution < 1.29 is 14.6 Å². The summed E-state index contributed by atoms with van der Waals surface area (Å²) in [6.45, 7) is 8.59. The van der Waals surface area contributed by atoms with Crippen molar-refractivity contribution in [3.8, 4) is 0 Å². The van der Waals surface area contributed by atoms with Crippen molar-refractivity contribution in [1.82, 2.24) is 10.6 Å². The molecule has 0 radical (unpaired) electrons. The Morgan fingerprint density at radius 3 is 2.35 bits per heavy atom. The first-order valence-corrected chi connectivity index (χ1v) is 6.09. The number of piperidine rings is 1. The summed E-state index contributed by atoms with van der Waals surface area (Å²) in [5.41, 5.74) is -0.0760. The molecular weight excluding hydrogens is 220 g/mol. The van der Waals surface area contributed by atoms with E-state index in [0.717, 1.165) is 12.8 Å². The molecular formula is C12H24N2O3. The normalized spacial score (nSPS) is 23.1. The first kappa shape index (κ1) is 14.3. The molecule has 1 fully saturated rings. The van der Waals surface area contributed by atoms with Crippen molar-refractivity contribution in [2.75, 3.05) is 13.2 Å². The zero-order valence-electron chi connectivity index (χ0n) is 11.2. The number of hydrogen-bond donors (Lipinski definition) is 3. The minimum absolute atomic E-state index is 0.0380. The first-order chi connectivity index (χ1) is 7.74. The molecule has 0 unspecified atom stereocenters. The summed E-state index contributed by atoms with van der Waals surface area (Å²) in [6, 6.07) is 0. The minimum Gasteiger partial charge on any atom is -0.446 e. The van der Waals surface area contributed by atoms with Gasteiger partial charge in [0, 0.05) is 30.5 Å². The maximum atomic E-state index is 11.4. The van der Waals surface area contributed by atoms with Gasteiger partial charge in [-0.2, -0.15) is 0 Å². The molecule has 0 aromatic carbocycles. The highest BCUT2D eigenvalue weighted by Gasteiger charge is 2.39. The molecule has 1 saturated heterocycles. The highest BCUT2D eigenvalue weighted by atomic mass is 16.6. The van der Waals surface area contributed by atoms with Crippen molar-refractivity contribution in [1.29, 1.82) is 0 Å². The van der Waals surface area contributed by atoms with Gasteiger partial charge in [0.05, 0.1) is 6.61 Å². The van der Waals surface area contributed by atoms with E-state index in [2.05, 4.69) is 38.3 Å². The van der Waals surface area contributed by atoms with Gasteiger partial charge >= 0.3 is 6.09 Å². The maximum absolute atomic E-state index is 11.4. The molecule has 0 atom stereocenters. The molecule has 1 rings (SSSR count). The van der Waals surface area contributed by atoms with Crippen LogP contribution in [0.2, 0.25) is 0 Å². The fourth-order valence-electron chi connectivity index (χ4n) is 2.66. The topological polar surface area (TPSA) is 70.6 Å². The van der Waals surface area contributed by atoms with E-state index < -0.39 is 6.09 Å². The van der Waals surface area contributed by atoms with Crippen LogP contribution in [-0.2, 0) is 4.74 Å². The molecule has 0 aromatic rings. The van der Waals surface area contributed by atoms with Crippen LogP contribution < -0.4 is 10.6 Å². The van der Waals surface area contributed by atoms with Crippen LogP contribution in [0.1, 0.15) is 40.5 Å². The lowest BCUT2D eigenvalue weighted by Crippen LogP contribution is -2.60. The van der Waals surface area contributed by atoms with Crippen molar-refractivity contribution in [2.45, 2.75) is 57.7 Å². The predicted octanol–water partition coefficient (Wildman–Crippen LogP) is 1.01. The van der Waals surface area contributed by atoms with E-state index in [0.29, 0.717) is 0 Å². The fraction of sp³-hybridized carbons (Fsp3) is 0.917. The molecule has 17 heavy (non-hydrogen) atoms. The molecule has 0 aromatic heterocycles. The summed E-state index contributed by atoms with van der Waals surface area (Å²) in [5, 5.41) is 14.6. The number of hydrogen-bond acceptors (Lipinski definition) is 4. The number of alkyl carbamates (subject to hydrolysis) is 1. The van der Waals surface area contributed by atoms with Gasteiger partial charge in [0.2, 0.25) is 0 Å². The van der Waals surface area contributed by atoms with Crippen LogP contribution in [0.5, 0.6) is 0 Å². The Labute approximate surface area is 103 Å². The monoisotopic (exact) mass is 244 g/mol. The van der Waals surface area contributed by atoms with Crippen LogP contribution in [0.25, 0.3) is 0 Å². The van der Waals surface area contributed by atoms with Crippen molar-refractivity contribution in [3.05, 3.63) is 0 Å². The predicted molar refractivity (Wildman–Crippen MR) is 65.9 cm³/mol. The molecule has 1 heterocycles. The third kappa shape index (κ3) is 4.91. The van der Waals surface area contributed by atoms with E-state index in [-0.39, 0.29) is 30.3 Å². The number of rotatable bonds is 3. The Bertz CT molecular complexity index is 261. The van der Waals surface area contributed by atoms with E-state index in [1.807, 2.05) is 0 Å². The number of ether oxygens (including phenoxy) is 1. The zero-order chi connectivity index (χ0) is 13.1. The number of amides is 1. The molecule has 1 aliphatic rings. The number of carbonyl (C=O) groups excluding carboxylic acids is 1. The molecule has 1 aliphatic heterocycles. The van der Waals surface area contributed by atoms with Crippen LogP contribution in [0, 0.1) is 0 Å². The largest absolute Gasteiger partial charge is 0.446 e. The second-order valence-electron chi connectivity index (χ2n) is 5.98. The Hall–Kier alpha value is -0.810. The third-order valence-corrected chi connectivity index (χ3v) is 2.81. The lowest BCUT2D eigenvalue weighted by atomic mass is 9.81. The summed E-state index contributed by atoms with van der Waals surface area (Å²) in [4.78, 5) is 11.4.